The molecule has 1 heterocycles. The molecule has 0 amide bonds. The first kappa shape index (κ1) is 12.6. The van der Waals surface area contributed by atoms with Crippen molar-refractivity contribution >= 4 is 0 Å². The number of ether oxygens (including phenoxy) is 1. The Morgan fingerprint density at radius 1 is 1.44 bits per heavy atom. The molecule has 0 aliphatic carbocycles. The number of aryl methyl sites for hydroxylation is 1. The maximum absolute atomic E-state index is 14.2. The van der Waals surface area contributed by atoms with Gasteiger partial charge in [0, 0.05) is 11.1 Å². The van der Waals surface area contributed by atoms with Crippen molar-refractivity contribution in [3.8, 4) is 5.75 Å². The van der Waals surface area contributed by atoms with Crippen LogP contribution in [0.5, 0.6) is 5.75 Å². The number of nitrogens with two attached hydrogens (primary N) is 1. The summed E-state index contributed by atoms with van der Waals surface area (Å²) < 4.78 is 24.3. The Kier molecular flexibility index (Phi) is 3.64. The molecule has 18 heavy (non-hydrogen) atoms. The van der Waals surface area contributed by atoms with Crippen LogP contribution >= 0.6 is 0 Å². The minimum absolute atomic E-state index is 0.188. The molecule has 2 rings (SSSR count). The summed E-state index contributed by atoms with van der Waals surface area (Å²) >= 11 is 0. The maximum Gasteiger partial charge on any atom is 0.170 e. The summed E-state index contributed by atoms with van der Waals surface area (Å²) in [6, 6.07) is 6.27. The van der Waals surface area contributed by atoms with E-state index in [2.05, 4.69) is 5.43 Å². The van der Waals surface area contributed by atoms with Gasteiger partial charge in [0.25, 0.3) is 0 Å². The molecule has 5 heteroatoms. The minimum atomic E-state index is -0.474. The van der Waals surface area contributed by atoms with Gasteiger partial charge in [-0.1, -0.05) is 12.1 Å². The van der Waals surface area contributed by atoms with E-state index in [1.165, 1.54) is 7.11 Å². The normalized spacial score (nSPS) is 12.4. The number of hydrogen-bond acceptors (Lipinski definition) is 4. The van der Waals surface area contributed by atoms with E-state index in [1.807, 2.05) is 13.0 Å². The van der Waals surface area contributed by atoms with Gasteiger partial charge in [-0.25, -0.2) is 9.82 Å². The molecule has 3 N–H and O–H groups in total. The molecule has 1 aromatic heterocycles. The van der Waals surface area contributed by atoms with Crippen molar-refractivity contribution in [3.63, 3.8) is 0 Å². The van der Waals surface area contributed by atoms with Crippen molar-refractivity contribution < 1.29 is 13.5 Å². The Labute approximate surface area is 105 Å². The van der Waals surface area contributed by atoms with Crippen LogP contribution in [0.25, 0.3) is 0 Å². The first-order valence-electron chi connectivity index (χ1n) is 5.51. The van der Waals surface area contributed by atoms with E-state index in [4.69, 9.17) is 15.0 Å². The standard InChI is InChI=1S/C13H15FN2O2/c1-8-6-9(7-18-8)13(16-15)10-4-3-5-11(17-2)12(10)14/h3-7,13,16H,15H2,1-2H3. The molecule has 96 valence electrons. The average Bonchev–Trinajstić information content (AvgIpc) is 2.79. The summed E-state index contributed by atoms with van der Waals surface area (Å²) in [4.78, 5) is 0. The summed E-state index contributed by atoms with van der Waals surface area (Å²) in [6.07, 6.45) is 1.55. The van der Waals surface area contributed by atoms with Crippen molar-refractivity contribution in [1.82, 2.24) is 5.43 Å². The quantitative estimate of drug-likeness (QED) is 0.645. The highest BCUT2D eigenvalue weighted by Crippen LogP contribution is 2.29. The van der Waals surface area contributed by atoms with Crippen molar-refractivity contribution in [2.24, 2.45) is 5.84 Å². The van der Waals surface area contributed by atoms with E-state index in [0.29, 0.717) is 5.56 Å². The zero-order valence-corrected chi connectivity index (χ0v) is 10.2. The van der Waals surface area contributed by atoms with E-state index in [-0.39, 0.29) is 5.75 Å². The van der Waals surface area contributed by atoms with E-state index in [1.54, 1.807) is 24.5 Å². The van der Waals surface area contributed by atoms with Crippen LogP contribution in [0.15, 0.2) is 34.9 Å². The zero-order chi connectivity index (χ0) is 13.1. The van der Waals surface area contributed by atoms with Crippen LogP contribution < -0.4 is 16.0 Å². The summed E-state index contributed by atoms with van der Waals surface area (Å²) in [6.45, 7) is 1.82. The highest BCUT2D eigenvalue weighted by molar-refractivity contribution is 5.37. The predicted molar refractivity (Wildman–Crippen MR) is 65.6 cm³/mol. The highest BCUT2D eigenvalue weighted by Gasteiger charge is 2.20. The van der Waals surface area contributed by atoms with Crippen molar-refractivity contribution in [2.75, 3.05) is 7.11 Å². The Bertz CT molecular complexity index is 540. The number of rotatable bonds is 4. The van der Waals surface area contributed by atoms with Gasteiger partial charge in [0.1, 0.15) is 5.76 Å². The Morgan fingerprint density at radius 3 is 2.78 bits per heavy atom. The third-order valence-corrected chi connectivity index (χ3v) is 2.77. The van der Waals surface area contributed by atoms with Gasteiger partial charge >= 0.3 is 0 Å². The SMILES string of the molecule is COc1cccc(C(NN)c2coc(C)c2)c1F. The second-order valence-corrected chi connectivity index (χ2v) is 3.95. The van der Waals surface area contributed by atoms with E-state index < -0.39 is 11.9 Å². The fourth-order valence-corrected chi connectivity index (χ4v) is 1.89. The second kappa shape index (κ2) is 5.20. The summed E-state index contributed by atoms with van der Waals surface area (Å²) in [5.41, 5.74) is 3.76. The van der Waals surface area contributed by atoms with Crippen LogP contribution in [0.2, 0.25) is 0 Å². The van der Waals surface area contributed by atoms with Crippen molar-refractivity contribution in [2.45, 2.75) is 13.0 Å². The Balaban J connectivity index is 2.45. The third kappa shape index (κ3) is 2.23. The number of hydrazine groups is 1. The monoisotopic (exact) mass is 250 g/mol. The number of halogens is 1. The molecule has 2 aromatic rings. The van der Waals surface area contributed by atoms with Gasteiger partial charge in [0.05, 0.1) is 19.4 Å². The molecule has 1 unspecified atom stereocenters. The van der Waals surface area contributed by atoms with Crippen molar-refractivity contribution in [3.05, 3.63) is 53.2 Å². The number of benzene rings is 1. The molecular weight excluding hydrogens is 235 g/mol. The molecule has 0 fully saturated rings. The number of nitrogens with one attached hydrogen (secondary N) is 1. The molecule has 0 saturated carbocycles. The number of furan rings is 1. The topological polar surface area (TPSA) is 60.4 Å². The smallest absolute Gasteiger partial charge is 0.170 e. The highest BCUT2D eigenvalue weighted by atomic mass is 19.1. The molecule has 0 aliphatic heterocycles. The molecule has 0 aliphatic rings. The lowest BCUT2D eigenvalue weighted by Crippen LogP contribution is -2.29. The molecule has 1 atom stereocenters. The second-order valence-electron chi connectivity index (χ2n) is 3.95. The lowest BCUT2D eigenvalue weighted by atomic mass is 10.0. The van der Waals surface area contributed by atoms with E-state index in [9.17, 15) is 4.39 Å². The molecule has 1 aromatic carbocycles. The fraction of sp³-hybridized carbons (Fsp3) is 0.231. The maximum atomic E-state index is 14.2. The van der Waals surface area contributed by atoms with Crippen LogP contribution in [0.3, 0.4) is 0 Å². The molecule has 0 radical (unpaired) electrons. The first-order valence-corrected chi connectivity index (χ1v) is 5.51. The van der Waals surface area contributed by atoms with Gasteiger partial charge in [0.15, 0.2) is 11.6 Å². The van der Waals surface area contributed by atoms with Crippen LogP contribution in [-0.2, 0) is 0 Å². The van der Waals surface area contributed by atoms with E-state index >= 15 is 0 Å². The van der Waals surface area contributed by atoms with Gasteiger partial charge in [-0.2, -0.15) is 0 Å². The predicted octanol–water partition coefficient (Wildman–Crippen LogP) is 2.29. The fourth-order valence-electron chi connectivity index (χ4n) is 1.89. The molecular formula is C13H15FN2O2. The summed E-state index contributed by atoms with van der Waals surface area (Å²) in [7, 11) is 1.43. The zero-order valence-electron chi connectivity index (χ0n) is 10.2. The van der Waals surface area contributed by atoms with Gasteiger partial charge < -0.3 is 9.15 Å². The molecule has 0 bridgehead atoms. The molecule has 4 nitrogen and oxygen atoms in total. The molecule has 0 saturated heterocycles. The minimum Gasteiger partial charge on any atom is -0.494 e. The number of hydrogen-bond donors (Lipinski definition) is 2. The summed E-state index contributed by atoms with van der Waals surface area (Å²) in [5, 5.41) is 0. The van der Waals surface area contributed by atoms with Crippen LogP contribution in [0.1, 0.15) is 22.9 Å². The van der Waals surface area contributed by atoms with Crippen LogP contribution in [-0.4, -0.2) is 7.11 Å². The van der Waals surface area contributed by atoms with Crippen LogP contribution in [0, 0.1) is 12.7 Å². The lowest BCUT2D eigenvalue weighted by Gasteiger charge is -2.16. The first-order chi connectivity index (χ1) is 8.67. The van der Waals surface area contributed by atoms with Crippen molar-refractivity contribution in [1.29, 1.82) is 0 Å². The van der Waals surface area contributed by atoms with Crippen LogP contribution in [0.4, 0.5) is 4.39 Å². The van der Waals surface area contributed by atoms with Gasteiger partial charge in [0.2, 0.25) is 0 Å². The average molecular weight is 250 g/mol. The lowest BCUT2D eigenvalue weighted by molar-refractivity contribution is 0.381. The third-order valence-electron chi connectivity index (χ3n) is 2.77. The van der Waals surface area contributed by atoms with Gasteiger partial charge in [-0.05, 0) is 19.1 Å². The van der Waals surface area contributed by atoms with Gasteiger partial charge in [-0.3, -0.25) is 5.84 Å². The van der Waals surface area contributed by atoms with Gasteiger partial charge in [-0.15, -0.1) is 0 Å². The Hall–Kier alpha value is -1.85. The Morgan fingerprint density at radius 2 is 2.22 bits per heavy atom. The summed E-state index contributed by atoms with van der Waals surface area (Å²) in [5.74, 6) is 6.01. The number of methoxy groups -OCH3 is 1. The largest absolute Gasteiger partial charge is 0.494 e. The van der Waals surface area contributed by atoms with E-state index in [0.717, 1.165) is 11.3 Å². The molecule has 0 spiro atoms.